The second-order valence-corrected chi connectivity index (χ2v) is 4.84. The molecule has 0 spiro atoms. The van der Waals surface area contributed by atoms with Crippen LogP contribution in [0.5, 0.6) is 0 Å². The number of nitrogens with one attached hydrogen (secondary N) is 1. The summed E-state index contributed by atoms with van der Waals surface area (Å²) in [5, 5.41) is 2.89. The predicted octanol–water partition coefficient (Wildman–Crippen LogP) is 2.38. The molecule has 1 atom stereocenters. The third-order valence-corrected chi connectivity index (χ3v) is 3.30. The van der Waals surface area contributed by atoms with Crippen LogP contribution in [0.2, 0.25) is 0 Å². The molecule has 1 aromatic heterocycles. The van der Waals surface area contributed by atoms with Crippen LogP contribution in [0.4, 0.5) is 0 Å². The van der Waals surface area contributed by atoms with Crippen LogP contribution in [-0.4, -0.2) is 31.4 Å². The highest BCUT2D eigenvalue weighted by molar-refractivity contribution is 5.93. The fourth-order valence-corrected chi connectivity index (χ4v) is 2.29. The van der Waals surface area contributed by atoms with E-state index in [-0.39, 0.29) is 11.6 Å². The normalized spacial score (nSPS) is 12.4. The number of aromatic nitrogens is 1. The maximum Gasteiger partial charge on any atom is 0.274 e. The Kier molecular flexibility index (Phi) is 5.30. The lowest BCUT2D eigenvalue weighted by Crippen LogP contribution is -2.38. The van der Waals surface area contributed by atoms with E-state index in [0.29, 0.717) is 11.7 Å². The maximum absolute atomic E-state index is 12.5. The standard InChI is InChI=1S/C16H20N2O4/c1-10-13(17-11(2)22-10)15(19)18-14(16(20-3)21-4)12-8-6-5-7-9-12/h5-9,14,16H,1-4H3,(H,18,19). The lowest BCUT2D eigenvalue weighted by atomic mass is 10.1. The van der Waals surface area contributed by atoms with Gasteiger partial charge >= 0.3 is 0 Å². The van der Waals surface area contributed by atoms with Crippen molar-refractivity contribution in [1.82, 2.24) is 10.3 Å². The van der Waals surface area contributed by atoms with Gasteiger partial charge in [-0.1, -0.05) is 30.3 Å². The van der Waals surface area contributed by atoms with E-state index in [0.717, 1.165) is 5.56 Å². The molecule has 1 heterocycles. The highest BCUT2D eigenvalue weighted by Gasteiger charge is 2.27. The Morgan fingerprint density at radius 2 is 1.82 bits per heavy atom. The number of hydrogen-bond donors (Lipinski definition) is 1. The van der Waals surface area contributed by atoms with E-state index in [4.69, 9.17) is 13.9 Å². The second-order valence-electron chi connectivity index (χ2n) is 4.84. The third-order valence-electron chi connectivity index (χ3n) is 3.30. The zero-order chi connectivity index (χ0) is 16.1. The average Bonchev–Trinajstić information content (AvgIpc) is 2.87. The quantitative estimate of drug-likeness (QED) is 0.829. The number of rotatable bonds is 6. The van der Waals surface area contributed by atoms with Crippen molar-refractivity contribution in [2.24, 2.45) is 0 Å². The molecule has 1 N–H and O–H groups in total. The zero-order valence-electron chi connectivity index (χ0n) is 13.1. The van der Waals surface area contributed by atoms with E-state index in [9.17, 15) is 4.79 Å². The molecule has 2 aromatic rings. The molecule has 0 bridgehead atoms. The van der Waals surface area contributed by atoms with Crippen molar-refractivity contribution in [2.75, 3.05) is 14.2 Å². The molecule has 0 aliphatic heterocycles. The predicted molar refractivity (Wildman–Crippen MR) is 80.4 cm³/mol. The number of carbonyl (C=O) groups excluding carboxylic acids is 1. The molecule has 1 amide bonds. The molecule has 6 heteroatoms. The summed E-state index contributed by atoms with van der Waals surface area (Å²) in [6.45, 7) is 3.40. The first-order valence-corrected chi connectivity index (χ1v) is 6.92. The average molecular weight is 304 g/mol. The fourth-order valence-electron chi connectivity index (χ4n) is 2.29. The van der Waals surface area contributed by atoms with Gasteiger partial charge in [0.1, 0.15) is 11.8 Å². The molecule has 0 saturated heterocycles. The highest BCUT2D eigenvalue weighted by atomic mass is 16.7. The number of methoxy groups -OCH3 is 2. The molecule has 0 aliphatic rings. The summed E-state index contributed by atoms with van der Waals surface area (Å²) in [6.07, 6.45) is -0.611. The van der Waals surface area contributed by atoms with Crippen LogP contribution in [0, 0.1) is 13.8 Å². The zero-order valence-corrected chi connectivity index (χ0v) is 13.1. The minimum Gasteiger partial charge on any atom is -0.445 e. The van der Waals surface area contributed by atoms with Crippen LogP contribution in [0.25, 0.3) is 0 Å². The van der Waals surface area contributed by atoms with Gasteiger partial charge in [-0.3, -0.25) is 4.79 Å². The third kappa shape index (κ3) is 3.52. The van der Waals surface area contributed by atoms with Crippen molar-refractivity contribution in [3.63, 3.8) is 0 Å². The summed E-state index contributed by atoms with van der Waals surface area (Å²) in [4.78, 5) is 16.6. The van der Waals surface area contributed by atoms with Crippen molar-refractivity contribution in [3.8, 4) is 0 Å². The van der Waals surface area contributed by atoms with Gasteiger partial charge in [0.15, 0.2) is 17.9 Å². The summed E-state index contributed by atoms with van der Waals surface area (Å²) in [6, 6.07) is 9.03. The Hall–Kier alpha value is -2.18. The molecule has 2 rings (SSSR count). The van der Waals surface area contributed by atoms with Gasteiger partial charge in [-0.15, -0.1) is 0 Å². The summed E-state index contributed by atoms with van der Waals surface area (Å²) in [5.41, 5.74) is 1.15. The number of carbonyl (C=O) groups is 1. The number of nitrogens with zero attached hydrogens (tertiary/aromatic N) is 1. The molecule has 0 saturated carbocycles. The topological polar surface area (TPSA) is 73.6 Å². The minimum atomic E-state index is -0.611. The van der Waals surface area contributed by atoms with E-state index >= 15 is 0 Å². The van der Waals surface area contributed by atoms with Gasteiger partial charge in [0.25, 0.3) is 5.91 Å². The number of benzene rings is 1. The number of amides is 1. The van der Waals surface area contributed by atoms with Crippen LogP contribution >= 0.6 is 0 Å². The van der Waals surface area contributed by atoms with Crippen LogP contribution in [-0.2, 0) is 9.47 Å². The van der Waals surface area contributed by atoms with Crippen LogP contribution in [0.1, 0.15) is 33.7 Å². The lowest BCUT2D eigenvalue weighted by molar-refractivity contribution is -0.122. The van der Waals surface area contributed by atoms with Gasteiger partial charge in [-0.2, -0.15) is 0 Å². The van der Waals surface area contributed by atoms with E-state index in [1.807, 2.05) is 30.3 Å². The van der Waals surface area contributed by atoms with Gasteiger partial charge in [0.05, 0.1) is 0 Å². The first kappa shape index (κ1) is 16.2. The molecule has 6 nitrogen and oxygen atoms in total. The van der Waals surface area contributed by atoms with Crippen molar-refractivity contribution in [3.05, 3.63) is 53.2 Å². The molecular formula is C16H20N2O4. The highest BCUT2D eigenvalue weighted by Crippen LogP contribution is 2.21. The number of oxazole rings is 1. The van der Waals surface area contributed by atoms with E-state index in [1.54, 1.807) is 13.8 Å². The molecule has 22 heavy (non-hydrogen) atoms. The minimum absolute atomic E-state index is 0.268. The lowest BCUT2D eigenvalue weighted by Gasteiger charge is -2.25. The molecular weight excluding hydrogens is 284 g/mol. The first-order chi connectivity index (χ1) is 10.6. The Morgan fingerprint density at radius 3 is 2.32 bits per heavy atom. The molecule has 1 unspecified atom stereocenters. The van der Waals surface area contributed by atoms with Gasteiger partial charge in [-0.25, -0.2) is 4.98 Å². The maximum atomic E-state index is 12.5. The molecule has 118 valence electrons. The Morgan fingerprint density at radius 1 is 1.18 bits per heavy atom. The number of aryl methyl sites for hydroxylation is 2. The summed E-state index contributed by atoms with van der Waals surface area (Å²) >= 11 is 0. The Labute approximate surface area is 129 Å². The number of hydrogen-bond acceptors (Lipinski definition) is 5. The Bertz CT molecular complexity index is 620. The first-order valence-electron chi connectivity index (χ1n) is 6.92. The van der Waals surface area contributed by atoms with Crippen LogP contribution in [0.15, 0.2) is 34.7 Å². The molecule has 0 fully saturated rings. The van der Waals surface area contributed by atoms with Gasteiger partial charge in [0, 0.05) is 21.1 Å². The van der Waals surface area contributed by atoms with Crippen molar-refractivity contribution < 1.29 is 18.7 Å². The van der Waals surface area contributed by atoms with Crippen molar-refractivity contribution in [2.45, 2.75) is 26.2 Å². The SMILES string of the molecule is COC(OC)C(NC(=O)c1nc(C)oc1C)c1ccccc1. The second kappa shape index (κ2) is 7.20. The van der Waals surface area contributed by atoms with Crippen molar-refractivity contribution >= 4 is 5.91 Å². The fraction of sp³-hybridized carbons (Fsp3) is 0.375. The van der Waals surface area contributed by atoms with E-state index in [1.165, 1.54) is 14.2 Å². The summed E-state index contributed by atoms with van der Waals surface area (Å²) in [7, 11) is 3.06. The summed E-state index contributed by atoms with van der Waals surface area (Å²) in [5.74, 6) is 0.601. The number of ether oxygens (including phenoxy) is 2. The summed E-state index contributed by atoms with van der Waals surface area (Å²) < 4.78 is 15.9. The van der Waals surface area contributed by atoms with Crippen LogP contribution < -0.4 is 5.32 Å². The van der Waals surface area contributed by atoms with Gasteiger partial charge < -0.3 is 19.2 Å². The smallest absolute Gasteiger partial charge is 0.274 e. The molecule has 0 aliphatic carbocycles. The van der Waals surface area contributed by atoms with Crippen molar-refractivity contribution in [1.29, 1.82) is 0 Å². The van der Waals surface area contributed by atoms with E-state index in [2.05, 4.69) is 10.3 Å². The molecule has 0 radical (unpaired) electrons. The van der Waals surface area contributed by atoms with E-state index < -0.39 is 12.3 Å². The van der Waals surface area contributed by atoms with Gasteiger partial charge in [0.2, 0.25) is 0 Å². The molecule has 1 aromatic carbocycles. The van der Waals surface area contributed by atoms with Gasteiger partial charge in [-0.05, 0) is 12.5 Å². The van der Waals surface area contributed by atoms with Crippen LogP contribution in [0.3, 0.4) is 0 Å². The monoisotopic (exact) mass is 304 g/mol. The largest absolute Gasteiger partial charge is 0.445 e. The Balaban J connectivity index is 2.26.